The quantitative estimate of drug-likeness (QED) is 0.524. The van der Waals surface area contributed by atoms with Gasteiger partial charge in [-0.25, -0.2) is 15.2 Å². The van der Waals surface area contributed by atoms with Gasteiger partial charge in [0.2, 0.25) is 0 Å². The van der Waals surface area contributed by atoms with Crippen molar-refractivity contribution in [2.45, 2.75) is 45.8 Å². The molecular formula is C24H31N3O5S. The number of phenols is 1. The number of aromatic hydroxyl groups is 1. The van der Waals surface area contributed by atoms with E-state index in [1.807, 2.05) is 6.26 Å². The van der Waals surface area contributed by atoms with Crippen molar-refractivity contribution >= 4 is 35.4 Å². The monoisotopic (exact) mass is 473 g/mol. The fourth-order valence-corrected chi connectivity index (χ4v) is 3.44. The number of hydrogen-bond acceptors (Lipinski definition) is 6. The van der Waals surface area contributed by atoms with E-state index in [1.54, 1.807) is 70.2 Å². The summed E-state index contributed by atoms with van der Waals surface area (Å²) in [5.74, 6) is -0.419. The van der Waals surface area contributed by atoms with Crippen LogP contribution in [0.4, 0.5) is 10.5 Å². The summed E-state index contributed by atoms with van der Waals surface area (Å²) in [4.78, 5) is 39.0. The minimum atomic E-state index is -0.929. The molecule has 0 heterocycles. The number of nitrogens with zero attached hydrogens (tertiary/aromatic N) is 1. The normalized spacial score (nSPS) is 11.9. The van der Waals surface area contributed by atoms with Crippen LogP contribution in [0.15, 0.2) is 48.5 Å². The SMILES string of the molecule is CSCC[C@H](NC(=O)c1cccc(O)c1C)C(=O)N(NC(=O)OC(C)(C)C)c1ccccc1. The summed E-state index contributed by atoms with van der Waals surface area (Å²) in [7, 11) is 0. The molecule has 3 N–H and O–H groups in total. The molecule has 0 unspecified atom stereocenters. The fourth-order valence-electron chi connectivity index (χ4n) is 2.97. The van der Waals surface area contributed by atoms with Crippen LogP contribution in [0.2, 0.25) is 0 Å². The lowest BCUT2D eigenvalue weighted by atomic mass is 10.1. The van der Waals surface area contributed by atoms with Gasteiger partial charge in [0.05, 0.1) is 5.69 Å². The molecule has 0 saturated heterocycles. The third-order valence-corrected chi connectivity index (χ3v) is 5.24. The van der Waals surface area contributed by atoms with Crippen molar-refractivity contribution in [3.05, 3.63) is 59.7 Å². The molecule has 0 aliphatic carbocycles. The number of hydrogen-bond donors (Lipinski definition) is 3. The van der Waals surface area contributed by atoms with Crippen LogP contribution in [-0.4, -0.2) is 46.7 Å². The number of benzene rings is 2. The van der Waals surface area contributed by atoms with E-state index in [-0.39, 0.29) is 11.3 Å². The van der Waals surface area contributed by atoms with Gasteiger partial charge in [0.15, 0.2) is 0 Å². The fraction of sp³-hybridized carbons (Fsp3) is 0.375. The van der Waals surface area contributed by atoms with E-state index in [9.17, 15) is 19.5 Å². The Kier molecular flexibility index (Phi) is 9.16. The highest BCUT2D eigenvalue weighted by Gasteiger charge is 2.30. The third-order valence-electron chi connectivity index (χ3n) is 4.60. The molecule has 0 aliphatic rings. The Morgan fingerprint density at radius 3 is 2.36 bits per heavy atom. The second-order valence-corrected chi connectivity index (χ2v) is 9.37. The molecule has 2 aromatic carbocycles. The number of phenolic OH excluding ortho intramolecular Hbond substituents is 1. The van der Waals surface area contributed by atoms with E-state index in [4.69, 9.17) is 4.74 Å². The number of para-hydroxylation sites is 1. The van der Waals surface area contributed by atoms with Gasteiger partial charge in [-0.1, -0.05) is 24.3 Å². The van der Waals surface area contributed by atoms with Gasteiger partial charge < -0.3 is 15.2 Å². The predicted octanol–water partition coefficient (Wildman–Crippen LogP) is 4.03. The van der Waals surface area contributed by atoms with E-state index in [0.717, 1.165) is 5.01 Å². The molecule has 1 atom stereocenters. The predicted molar refractivity (Wildman–Crippen MR) is 130 cm³/mol. The second kappa shape index (κ2) is 11.6. The van der Waals surface area contributed by atoms with Crippen molar-refractivity contribution < 1.29 is 24.2 Å². The molecule has 33 heavy (non-hydrogen) atoms. The van der Waals surface area contributed by atoms with E-state index < -0.39 is 29.6 Å². The maximum absolute atomic E-state index is 13.6. The van der Waals surface area contributed by atoms with Gasteiger partial charge in [-0.15, -0.1) is 0 Å². The minimum Gasteiger partial charge on any atom is -0.508 e. The molecule has 0 fully saturated rings. The van der Waals surface area contributed by atoms with Gasteiger partial charge in [0.25, 0.3) is 11.8 Å². The van der Waals surface area contributed by atoms with Crippen LogP contribution < -0.4 is 15.8 Å². The second-order valence-electron chi connectivity index (χ2n) is 8.38. The Labute approximate surface area is 198 Å². The van der Waals surface area contributed by atoms with Crippen LogP contribution in [0.25, 0.3) is 0 Å². The van der Waals surface area contributed by atoms with E-state index >= 15 is 0 Å². The van der Waals surface area contributed by atoms with Crippen LogP contribution in [0.1, 0.15) is 43.1 Å². The number of carbonyl (C=O) groups excluding carboxylic acids is 3. The molecule has 0 aromatic heterocycles. The van der Waals surface area contributed by atoms with Crippen molar-refractivity contribution in [2.75, 3.05) is 17.0 Å². The van der Waals surface area contributed by atoms with Crippen molar-refractivity contribution in [3.8, 4) is 5.75 Å². The standard InChI is InChI=1S/C24H31N3O5S/c1-16-18(12-9-13-20(16)28)21(29)25-19(14-15-33-5)22(30)27(17-10-7-6-8-11-17)26-23(31)32-24(2,3)4/h6-13,19,28H,14-15H2,1-5H3,(H,25,29)(H,26,31)/t19-/m0/s1. The molecule has 2 aromatic rings. The van der Waals surface area contributed by atoms with E-state index in [2.05, 4.69) is 10.7 Å². The summed E-state index contributed by atoms with van der Waals surface area (Å²) in [5.41, 5.74) is 2.85. The van der Waals surface area contributed by atoms with Gasteiger partial charge in [0, 0.05) is 11.1 Å². The highest BCUT2D eigenvalue weighted by atomic mass is 32.2. The number of ether oxygens (including phenoxy) is 1. The number of amides is 3. The number of nitrogens with one attached hydrogen (secondary N) is 2. The third kappa shape index (κ3) is 7.71. The zero-order valence-corrected chi connectivity index (χ0v) is 20.4. The Morgan fingerprint density at radius 1 is 1.09 bits per heavy atom. The lowest BCUT2D eigenvalue weighted by Crippen LogP contribution is -2.56. The molecule has 0 bridgehead atoms. The molecule has 3 amide bonds. The van der Waals surface area contributed by atoms with Crippen LogP contribution in [0, 0.1) is 6.92 Å². The first-order chi connectivity index (χ1) is 15.5. The molecule has 0 saturated carbocycles. The number of rotatable bonds is 7. The Bertz CT molecular complexity index is 976. The van der Waals surface area contributed by atoms with Gasteiger partial charge in [0.1, 0.15) is 17.4 Å². The van der Waals surface area contributed by atoms with Gasteiger partial charge in [-0.05, 0) is 70.4 Å². The molecule has 0 aliphatic heterocycles. The first-order valence-electron chi connectivity index (χ1n) is 10.5. The molecule has 8 nitrogen and oxygen atoms in total. The summed E-state index contributed by atoms with van der Waals surface area (Å²) >= 11 is 1.53. The van der Waals surface area contributed by atoms with Crippen LogP contribution >= 0.6 is 11.8 Å². The summed E-state index contributed by atoms with van der Waals surface area (Å²) in [6, 6.07) is 12.3. The molecule has 178 valence electrons. The van der Waals surface area contributed by atoms with Crippen molar-refractivity contribution in [1.82, 2.24) is 10.7 Å². The Hall–Kier alpha value is -3.20. The molecule has 0 radical (unpaired) electrons. The maximum Gasteiger partial charge on any atom is 0.427 e. The van der Waals surface area contributed by atoms with Crippen molar-refractivity contribution in [3.63, 3.8) is 0 Å². The number of hydrazine groups is 1. The summed E-state index contributed by atoms with van der Waals surface area (Å²) in [5, 5.41) is 13.8. The highest BCUT2D eigenvalue weighted by Crippen LogP contribution is 2.20. The molecule has 0 spiro atoms. The van der Waals surface area contributed by atoms with Crippen LogP contribution in [0.3, 0.4) is 0 Å². The lowest BCUT2D eigenvalue weighted by molar-refractivity contribution is -0.121. The van der Waals surface area contributed by atoms with Gasteiger partial charge in [-0.3, -0.25) is 9.59 Å². The summed E-state index contributed by atoms with van der Waals surface area (Å²) in [6.07, 6.45) is 1.44. The van der Waals surface area contributed by atoms with E-state index in [0.29, 0.717) is 23.4 Å². The van der Waals surface area contributed by atoms with Crippen LogP contribution in [0.5, 0.6) is 5.75 Å². The molecule has 9 heteroatoms. The Morgan fingerprint density at radius 2 is 1.76 bits per heavy atom. The first-order valence-corrected chi connectivity index (χ1v) is 11.9. The first kappa shape index (κ1) is 26.1. The van der Waals surface area contributed by atoms with Crippen molar-refractivity contribution in [2.24, 2.45) is 0 Å². The zero-order valence-electron chi connectivity index (χ0n) is 19.5. The summed E-state index contributed by atoms with van der Waals surface area (Å²) < 4.78 is 5.32. The maximum atomic E-state index is 13.6. The molecular weight excluding hydrogens is 442 g/mol. The van der Waals surface area contributed by atoms with E-state index in [1.165, 1.54) is 17.8 Å². The summed E-state index contributed by atoms with van der Waals surface area (Å²) in [6.45, 7) is 6.80. The largest absolute Gasteiger partial charge is 0.508 e. The number of carbonyl (C=O) groups is 3. The minimum absolute atomic E-state index is 0.00727. The number of thioether (sulfide) groups is 1. The zero-order chi connectivity index (χ0) is 24.6. The topological polar surface area (TPSA) is 108 Å². The van der Waals surface area contributed by atoms with Crippen molar-refractivity contribution in [1.29, 1.82) is 0 Å². The number of anilines is 1. The van der Waals surface area contributed by atoms with Gasteiger partial charge >= 0.3 is 6.09 Å². The average molecular weight is 474 g/mol. The smallest absolute Gasteiger partial charge is 0.427 e. The van der Waals surface area contributed by atoms with Gasteiger partial charge in [-0.2, -0.15) is 11.8 Å². The van der Waals surface area contributed by atoms with Crippen LogP contribution in [-0.2, 0) is 9.53 Å². The highest BCUT2D eigenvalue weighted by molar-refractivity contribution is 7.98. The molecule has 2 rings (SSSR count). The lowest BCUT2D eigenvalue weighted by Gasteiger charge is -2.29. The average Bonchev–Trinajstić information content (AvgIpc) is 2.75. The Balaban J connectivity index is 2.33.